The first-order valence-electron chi connectivity index (χ1n) is 19.1. The number of hydrogen-bond donors (Lipinski definition) is 0. The molecule has 0 radical (unpaired) electrons. The fraction of sp³-hybridized carbons (Fsp3) is 0.0588. The van der Waals surface area contributed by atoms with Crippen molar-refractivity contribution in [2.75, 3.05) is 0 Å². The molecule has 4 heterocycles. The number of para-hydroxylation sites is 1. The Kier molecular flexibility index (Phi) is 5.42. The molecule has 12 aromatic rings. The Morgan fingerprint density at radius 2 is 1.15 bits per heavy atom. The Bertz CT molecular complexity index is 3620. The molecule has 0 saturated heterocycles. The van der Waals surface area contributed by atoms with E-state index in [9.17, 15) is 0 Å². The molecule has 4 aromatic heterocycles. The van der Waals surface area contributed by atoms with Crippen molar-refractivity contribution in [1.82, 2.24) is 18.9 Å². The first-order valence-corrected chi connectivity index (χ1v) is 19.1. The first kappa shape index (κ1) is 29.4. The fourth-order valence-electron chi connectivity index (χ4n) is 10.3. The minimum atomic E-state index is -0.108. The molecule has 8 aromatic carbocycles. The third-order valence-corrected chi connectivity index (χ3v) is 12.6. The van der Waals surface area contributed by atoms with Gasteiger partial charge in [0.2, 0.25) is 0 Å². The van der Waals surface area contributed by atoms with E-state index in [2.05, 4.69) is 181 Å². The summed E-state index contributed by atoms with van der Waals surface area (Å²) in [7, 11) is 0. The van der Waals surface area contributed by atoms with E-state index in [1.165, 1.54) is 71.1 Å². The van der Waals surface area contributed by atoms with Crippen LogP contribution >= 0.6 is 0 Å². The number of aromatic nitrogens is 4. The van der Waals surface area contributed by atoms with Gasteiger partial charge in [-0.2, -0.15) is 0 Å². The predicted octanol–water partition coefficient (Wildman–Crippen LogP) is 13.0. The molecule has 0 aliphatic heterocycles. The zero-order chi connectivity index (χ0) is 36.2. The molecule has 55 heavy (non-hydrogen) atoms. The van der Waals surface area contributed by atoms with Crippen molar-refractivity contribution in [2.24, 2.45) is 0 Å². The van der Waals surface area contributed by atoms with Crippen LogP contribution in [0.3, 0.4) is 0 Å². The van der Waals surface area contributed by atoms with Crippen LogP contribution in [0.2, 0.25) is 0 Å². The molecular weight excluding hydrogens is 669 g/mol. The second-order valence-corrected chi connectivity index (χ2v) is 15.7. The van der Waals surface area contributed by atoms with Gasteiger partial charge in [0.25, 0.3) is 0 Å². The van der Waals surface area contributed by atoms with Gasteiger partial charge in [-0.25, -0.2) is 9.97 Å². The van der Waals surface area contributed by atoms with Crippen LogP contribution in [0, 0.1) is 0 Å². The lowest BCUT2D eigenvalue weighted by molar-refractivity contribution is 0.661. The molecule has 4 nitrogen and oxygen atoms in total. The molecule has 0 N–H and O–H groups in total. The van der Waals surface area contributed by atoms with Crippen molar-refractivity contribution in [3.63, 3.8) is 0 Å². The molecular formula is C51H32N4. The van der Waals surface area contributed by atoms with Gasteiger partial charge in [0.15, 0.2) is 5.82 Å². The smallest absolute Gasteiger partial charge is 0.165 e. The van der Waals surface area contributed by atoms with Gasteiger partial charge in [0.05, 0.1) is 38.6 Å². The fourth-order valence-corrected chi connectivity index (χ4v) is 10.3. The molecule has 13 rings (SSSR count). The molecule has 0 unspecified atom stereocenters. The quantitative estimate of drug-likeness (QED) is 0.168. The molecule has 0 atom stereocenters. The number of fused-ring (bicyclic) bond motifs is 12. The van der Waals surface area contributed by atoms with Crippen molar-refractivity contribution in [2.45, 2.75) is 19.3 Å². The van der Waals surface area contributed by atoms with Gasteiger partial charge >= 0.3 is 0 Å². The van der Waals surface area contributed by atoms with E-state index in [1.54, 1.807) is 0 Å². The molecule has 0 saturated carbocycles. The van der Waals surface area contributed by atoms with Crippen molar-refractivity contribution < 1.29 is 0 Å². The summed E-state index contributed by atoms with van der Waals surface area (Å²) >= 11 is 0. The maximum Gasteiger partial charge on any atom is 0.165 e. The third kappa shape index (κ3) is 3.57. The Hall–Kier alpha value is -7.04. The summed E-state index contributed by atoms with van der Waals surface area (Å²) in [5.41, 5.74) is 15.0. The highest BCUT2D eigenvalue weighted by atomic mass is 15.1. The van der Waals surface area contributed by atoms with Gasteiger partial charge < -0.3 is 4.40 Å². The molecule has 1 aliphatic carbocycles. The average molecular weight is 701 g/mol. The Balaban J connectivity index is 1.27. The van der Waals surface area contributed by atoms with E-state index >= 15 is 0 Å². The van der Waals surface area contributed by atoms with Gasteiger partial charge in [0, 0.05) is 48.9 Å². The number of benzene rings is 8. The molecule has 1 aliphatic rings. The van der Waals surface area contributed by atoms with Gasteiger partial charge in [-0.3, -0.25) is 4.57 Å². The van der Waals surface area contributed by atoms with Crippen molar-refractivity contribution in [3.05, 3.63) is 169 Å². The largest absolute Gasteiger partial charge is 0.307 e. The van der Waals surface area contributed by atoms with E-state index in [0.717, 1.165) is 49.9 Å². The van der Waals surface area contributed by atoms with Crippen LogP contribution in [0.5, 0.6) is 0 Å². The summed E-state index contributed by atoms with van der Waals surface area (Å²) < 4.78 is 4.98. The molecule has 0 fully saturated rings. The minimum Gasteiger partial charge on any atom is -0.307 e. The Morgan fingerprint density at radius 3 is 2.04 bits per heavy atom. The topological polar surface area (TPSA) is 35.1 Å². The van der Waals surface area contributed by atoms with E-state index in [1.807, 2.05) is 0 Å². The lowest BCUT2D eigenvalue weighted by Gasteiger charge is -2.21. The summed E-state index contributed by atoms with van der Waals surface area (Å²) in [6, 6.07) is 57.5. The predicted molar refractivity (Wildman–Crippen MR) is 229 cm³/mol. The zero-order valence-electron chi connectivity index (χ0n) is 30.3. The second-order valence-electron chi connectivity index (χ2n) is 15.7. The Labute approximate surface area is 315 Å². The average Bonchev–Trinajstić information content (AvgIpc) is 3.80. The van der Waals surface area contributed by atoms with Crippen molar-refractivity contribution in [1.29, 1.82) is 0 Å². The van der Waals surface area contributed by atoms with Crippen LogP contribution in [0.25, 0.3) is 110 Å². The van der Waals surface area contributed by atoms with E-state index in [0.29, 0.717) is 0 Å². The zero-order valence-corrected chi connectivity index (χ0v) is 30.3. The van der Waals surface area contributed by atoms with Gasteiger partial charge in [-0.15, -0.1) is 0 Å². The maximum atomic E-state index is 5.63. The summed E-state index contributed by atoms with van der Waals surface area (Å²) in [6.07, 6.45) is 0. The summed E-state index contributed by atoms with van der Waals surface area (Å²) in [4.78, 5) is 11.1. The number of rotatable bonds is 2. The molecule has 0 spiro atoms. The third-order valence-electron chi connectivity index (χ3n) is 12.6. The maximum absolute atomic E-state index is 5.63. The summed E-state index contributed by atoms with van der Waals surface area (Å²) in [6.45, 7) is 4.75. The highest BCUT2D eigenvalue weighted by Crippen LogP contribution is 2.54. The monoisotopic (exact) mass is 700 g/mol. The van der Waals surface area contributed by atoms with Gasteiger partial charge in [0.1, 0.15) is 5.69 Å². The summed E-state index contributed by atoms with van der Waals surface area (Å²) in [5, 5.41) is 9.77. The second kappa shape index (κ2) is 10.1. The van der Waals surface area contributed by atoms with Crippen LogP contribution in [0.1, 0.15) is 25.0 Å². The van der Waals surface area contributed by atoms with Gasteiger partial charge in [-0.05, 0) is 51.7 Å². The number of hydrogen-bond acceptors (Lipinski definition) is 2. The highest BCUT2D eigenvalue weighted by Gasteiger charge is 2.37. The van der Waals surface area contributed by atoms with E-state index in [4.69, 9.17) is 9.97 Å². The van der Waals surface area contributed by atoms with Crippen LogP contribution in [-0.4, -0.2) is 18.9 Å². The Morgan fingerprint density at radius 1 is 0.473 bits per heavy atom. The standard InChI is InChI=1S/C51H32N4/c1-51(2)37-21-9-8-17-36(37)43-38(51)27-26-35-34-20-10-19-33-32-18-11-22-40-44(32)45-41(23-12-24-42(45)55(48(33)34)49(35)43)54(40)50-46(30-14-4-3-5-15-30)52-39-28-25-29-13-6-7-16-31(29)47(39)53-50/h3-28H,1-2H3. The van der Waals surface area contributed by atoms with Crippen LogP contribution in [0.15, 0.2) is 158 Å². The minimum absolute atomic E-state index is 0.108. The van der Waals surface area contributed by atoms with Crippen LogP contribution < -0.4 is 0 Å². The summed E-state index contributed by atoms with van der Waals surface area (Å²) in [5.74, 6) is 0.831. The van der Waals surface area contributed by atoms with Gasteiger partial charge in [-0.1, -0.05) is 147 Å². The van der Waals surface area contributed by atoms with Crippen molar-refractivity contribution in [3.8, 4) is 28.2 Å². The number of nitrogens with zero attached hydrogens (tertiary/aromatic N) is 4. The molecule has 0 bridgehead atoms. The van der Waals surface area contributed by atoms with E-state index < -0.39 is 0 Å². The lowest BCUT2D eigenvalue weighted by Crippen LogP contribution is -2.14. The van der Waals surface area contributed by atoms with E-state index in [-0.39, 0.29) is 5.41 Å². The van der Waals surface area contributed by atoms with Crippen LogP contribution in [0.4, 0.5) is 0 Å². The highest BCUT2D eigenvalue weighted by molar-refractivity contribution is 6.32. The molecule has 256 valence electrons. The van der Waals surface area contributed by atoms with Crippen molar-refractivity contribution >= 4 is 81.7 Å². The molecule has 4 heteroatoms. The molecule has 0 amide bonds. The normalized spacial score (nSPS) is 13.8. The lowest BCUT2D eigenvalue weighted by atomic mass is 9.82. The van der Waals surface area contributed by atoms with Crippen LogP contribution in [-0.2, 0) is 5.41 Å². The SMILES string of the molecule is CC1(C)c2ccccc2-c2c1ccc1c3cccc4c5cccc6c5c5c(cccc5n(c21)c43)n6-c1nc2c(ccc3ccccc32)nc1-c1ccccc1. The first-order chi connectivity index (χ1) is 27.1.